The number of nitrogen functional groups attached to an aromatic ring is 1. The second kappa shape index (κ2) is 9.34. The molecule has 0 bridgehead atoms. The first-order valence-electron chi connectivity index (χ1n) is 10.5. The molecule has 1 amide bonds. The molecular weight excluding hydrogens is 476 g/mol. The molecule has 0 radical (unpaired) electrons. The van der Waals surface area contributed by atoms with Gasteiger partial charge in [0.2, 0.25) is 0 Å². The smallest absolute Gasteiger partial charge is 0.261 e. The van der Waals surface area contributed by atoms with Crippen LogP contribution in [0.5, 0.6) is 0 Å². The number of carbonyl (C=O) groups excluding carboxylic acids is 1. The molecule has 2 N–H and O–H groups in total. The van der Waals surface area contributed by atoms with Crippen LogP contribution in [0.25, 0.3) is 10.9 Å². The van der Waals surface area contributed by atoms with Gasteiger partial charge in [-0.05, 0) is 35.9 Å². The molecule has 0 atom stereocenters. The van der Waals surface area contributed by atoms with Crippen LogP contribution in [-0.4, -0.2) is 35.5 Å². The van der Waals surface area contributed by atoms with Crippen molar-refractivity contribution in [1.29, 1.82) is 0 Å². The van der Waals surface area contributed by atoms with Crippen molar-refractivity contribution in [2.75, 3.05) is 16.9 Å². The first-order chi connectivity index (χ1) is 16.6. The van der Waals surface area contributed by atoms with Gasteiger partial charge in [-0.25, -0.2) is 32.2 Å². The number of aryl methyl sites for hydroxylation is 1. The van der Waals surface area contributed by atoms with E-state index in [1.807, 2.05) is 6.92 Å². The summed E-state index contributed by atoms with van der Waals surface area (Å²) in [5, 5.41) is 0.500. The number of anilines is 2. The molecule has 0 unspecified atom stereocenters. The Bertz CT molecular complexity index is 1540. The fraction of sp³-hybridized carbons (Fsp3) is 0.167. The predicted octanol–water partition coefficient (Wildman–Crippen LogP) is 3.70. The van der Waals surface area contributed by atoms with E-state index in [9.17, 15) is 22.0 Å². The lowest BCUT2D eigenvalue weighted by Gasteiger charge is -2.25. The Labute approximate surface area is 200 Å². The highest BCUT2D eigenvalue weighted by atomic mass is 32.2. The number of carbonyl (C=O) groups is 1. The fourth-order valence-corrected chi connectivity index (χ4v) is 4.45. The predicted molar refractivity (Wildman–Crippen MR) is 128 cm³/mol. The number of amides is 1. The summed E-state index contributed by atoms with van der Waals surface area (Å²) >= 11 is 0. The molecule has 4 rings (SSSR count). The lowest BCUT2D eigenvalue weighted by Crippen LogP contribution is -2.32. The highest BCUT2D eigenvalue weighted by Gasteiger charge is 2.26. The Morgan fingerprint density at radius 3 is 2.43 bits per heavy atom. The highest BCUT2D eigenvalue weighted by Crippen LogP contribution is 2.30. The fourth-order valence-electron chi connectivity index (χ4n) is 3.56. The minimum Gasteiger partial charge on any atom is -0.381 e. The summed E-state index contributed by atoms with van der Waals surface area (Å²) < 4.78 is 52.7. The average molecular weight is 498 g/mol. The molecule has 2 aromatic heterocycles. The summed E-state index contributed by atoms with van der Waals surface area (Å²) in [6.45, 7) is 1.77. The molecule has 0 aliphatic heterocycles. The lowest BCUT2D eigenvalue weighted by molar-refractivity contribution is 0.0984. The number of sulfone groups is 1. The molecule has 35 heavy (non-hydrogen) atoms. The molecule has 4 aromatic rings. The number of benzene rings is 2. The monoisotopic (exact) mass is 497 g/mol. The SMILES string of the molecule is CCc1ncc(C(=O)N(Cc2ccc3cc(F)c(N)nc3c2)c2ccc(F)cc2S(C)(=O)=O)cn1. The minimum absolute atomic E-state index is 0.00913. The van der Waals surface area contributed by atoms with Gasteiger partial charge in [0.25, 0.3) is 5.91 Å². The molecule has 180 valence electrons. The summed E-state index contributed by atoms with van der Waals surface area (Å²) in [6, 6.07) is 9.31. The van der Waals surface area contributed by atoms with Crippen LogP contribution in [0, 0.1) is 11.6 Å². The van der Waals surface area contributed by atoms with Crippen molar-refractivity contribution >= 4 is 38.2 Å². The maximum atomic E-state index is 14.0. The van der Waals surface area contributed by atoms with Crippen molar-refractivity contribution in [3.8, 4) is 0 Å². The number of pyridine rings is 1. The summed E-state index contributed by atoms with van der Waals surface area (Å²) in [7, 11) is -3.90. The molecule has 0 saturated heterocycles. The van der Waals surface area contributed by atoms with Crippen LogP contribution in [0.3, 0.4) is 0 Å². The van der Waals surface area contributed by atoms with Gasteiger partial charge in [-0.1, -0.05) is 19.1 Å². The lowest BCUT2D eigenvalue weighted by atomic mass is 10.1. The van der Waals surface area contributed by atoms with E-state index in [1.165, 1.54) is 29.4 Å². The van der Waals surface area contributed by atoms with Crippen LogP contribution in [0.2, 0.25) is 0 Å². The van der Waals surface area contributed by atoms with Gasteiger partial charge < -0.3 is 10.6 Å². The first-order valence-corrected chi connectivity index (χ1v) is 12.4. The van der Waals surface area contributed by atoms with Crippen LogP contribution in [-0.2, 0) is 22.8 Å². The van der Waals surface area contributed by atoms with Crippen LogP contribution in [0.15, 0.2) is 59.8 Å². The molecule has 0 saturated carbocycles. The molecule has 8 nitrogen and oxygen atoms in total. The molecule has 2 heterocycles. The largest absolute Gasteiger partial charge is 0.381 e. The Balaban J connectivity index is 1.84. The van der Waals surface area contributed by atoms with Crippen molar-refractivity contribution in [3.05, 3.63) is 83.4 Å². The molecule has 11 heteroatoms. The van der Waals surface area contributed by atoms with Gasteiger partial charge in [-0.3, -0.25) is 4.79 Å². The third-order valence-corrected chi connectivity index (χ3v) is 6.46. The van der Waals surface area contributed by atoms with Gasteiger partial charge >= 0.3 is 0 Å². The second-order valence-corrected chi connectivity index (χ2v) is 9.88. The standard InChI is InChI=1S/C24H21F2N5O3S/c1-3-22-28-11-16(12-29-22)24(32)31(20-7-6-17(25)10-21(20)35(2,33)34)13-14-4-5-15-9-18(26)23(27)30-19(15)8-14/h4-12H,3,13H2,1-2H3,(H2,27,30). The number of fused-ring (bicyclic) bond motifs is 1. The molecule has 0 aliphatic rings. The third kappa shape index (κ3) is 5.09. The number of hydrogen-bond acceptors (Lipinski definition) is 7. The molecule has 0 fully saturated rings. The van der Waals surface area contributed by atoms with E-state index < -0.39 is 27.4 Å². The van der Waals surface area contributed by atoms with E-state index in [1.54, 1.807) is 18.2 Å². The van der Waals surface area contributed by atoms with E-state index in [4.69, 9.17) is 5.73 Å². The van der Waals surface area contributed by atoms with Crippen molar-refractivity contribution in [1.82, 2.24) is 15.0 Å². The van der Waals surface area contributed by atoms with Gasteiger partial charge in [-0.15, -0.1) is 0 Å². The van der Waals surface area contributed by atoms with Gasteiger partial charge in [-0.2, -0.15) is 0 Å². The van der Waals surface area contributed by atoms with E-state index in [0.29, 0.717) is 28.7 Å². The maximum absolute atomic E-state index is 14.0. The van der Waals surface area contributed by atoms with Gasteiger partial charge in [0.05, 0.1) is 28.2 Å². The summed E-state index contributed by atoms with van der Waals surface area (Å²) in [5.74, 6) is -1.73. The molecule has 0 spiro atoms. The van der Waals surface area contributed by atoms with Crippen LogP contribution >= 0.6 is 0 Å². The summed E-state index contributed by atoms with van der Waals surface area (Å²) in [6.07, 6.45) is 4.22. The number of rotatable bonds is 6. The highest BCUT2D eigenvalue weighted by molar-refractivity contribution is 7.90. The quantitative estimate of drug-likeness (QED) is 0.431. The van der Waals surface area contributed by atoms with Crippen molar-refractivity contribution in [3.63, 3.8) is 0 Å². The number of halogens is 2. The summed E-state index contributed by atoms with van der Waals surface area (Å²) in [4.78, 5) is 26.7. The van der Waals surface area contributed by atoms with Crippen molar-refractivity contribution in [2.24, 2.45) is 0 Å². The normalized spacial score (nSPS) is 11.5. The van der Waals surface area contributed by atoms with Crippen LogP contribution in [0.1, 0.15) is 28.7 Å². The Kier molecular flexibility index (Phi) is 6.44. The zero-order valence-corrected chi connectivity index (χ0v) is 19.7. The van der Waals surface area contributed by atoms with Gasteiger partial charge in [0.15, 0.2) is 21.5 Å². The Morgan fingerprint density at radius 2 is 1.77 bits per heavy atom. The van der Waals surface area contributed by atoms with E-state index in [-0.39, 0.29) is 28.5 Å². The molecule has 0 aliphatic carbocycles. The zero-order chi connectivity index (χ0) is 25.3. The first kappa shape index (κ1) is 24.1. The zero-order valence-electron chi connectivity index (χ0n) is 18.9. The third-order valence-electron chi connectivity index (χ3n) is 5.33. The van der Waals surface area contributed by atoms with Crippen LogP contribution in [0.4, 0.5) is 20.3 Å². The number of hydrogen-bond donors (Lipinski definition) is 1. The van der Waals surface area contributed by atoms with E-state index in [2.05, 4.69) is 15.0 Å². The maximum Gasteiger partial charge on any atom is 0.261 e. The average Bonchev–Trinajstić information content (AvgIpc) is 2.82. The molecule has 2 aromatic carbocycles. The summed E-state index contributed by atoms with van der Waals surface area (Å²) in [5.41, 5.74) is 6.65. The van der Waals surface area contributed by atoms with Gasteiger partial charge in [0, 0.05) is 30.5 Å². The minimum atomic E-state index is -3.90. The van der Waals surface area contributed by atoms with E-state index in [0.717, 1.165) is 18.4 Å². The van der Waals surface area contributed by atoms with Crippen molar-refractivity contribution in [2.45, 2.75) is 24.8 Å². The number of nitrogens with zero attached hydrogens (tertiary/aromatic N) is 4. The van der Waals surface area contributed by atoms with Crippen molar-refractivity contribution < 1.29 is 22.0 Å². The van der Waals surface area contributed by atoms with Crippen LogP contribution < -0.4 is 10.6 Å². The Morgan fingerprint density at radius 1 is 1.06 bits per heavy atom. The second-order valence-electron chi connectivity index (χ2n) is 7.90. The number of nitrogens with two attached hydrogens (primary N) is 1. The van der Waals surface area contributed by atoms with Gasteiger partial charge in [0.1, 0.15) is 11.6 Å². The molecular formula is C24H21F2N5O3S. The van der Waals surface area contributed by atoms with E-state index >= 15 is 0 Å². The number of aromatic nitrogens is 3. The topological polar surface area (TPSA) is 119 Å². The Hall–Kier alpha value is -3.99.